The summed E-state index contributed by atoms with van der Waals surface area (Å²) >= 11 is 5.25. The van der Waals surface area contributed by atoms with Gasteiger partial charge >= 0.3 is 0 Å². The van der Waals surface area contributed by atoms with Gasteiger partial charge in [-0.2, -0.15) is 16.4 Å². The number of nitrogens with one attached hydrogen (secondary N) is 1. The molecule has 0 aliphatic heterocycles. The highest BCUT2D eigenvalue weighted by Crippen LogP contribution is 2.30. The summed E-state index contributed by atoms with van der Waals surface area (Å²) in [6.07, 6.45) is 1.93. The molecule has 0 spiro atoms. The van der Waals surface area contributed by atoms with Crippen molar-refractivity contribution in [3.63, 3.8) is 0 Å². The molecule has 4 nitrogen and oxygen atoms in total. The summed E-state index contributed by atoms with van der Waals surface area (Å²) in [7, 11) is 1.99. The number of aromatic nitrogens is 2. The average Bonchev–Trinajstić information content (AvgIpc) is 2.89. The van der Waals surface area contributed by atoms with Crippen LogP contribution in [-0.2, 0) is 13.5 Å². The maximum Gasteiger partial charge on any atom is 0.0628 e. The summed E-state index contributed by atoms with van der Waals surface area (Å²) in [5.74, 6) is 5.69. The van der Waals surface area contributed by atoms with Crippen molar-refractivity contribution in [2.24, 2.45) is 12.9 Å². The Morgan fingerprint density at radius 2 is 2.21 bits per heavy atom. The van der Waals surface area contributed by atoms with E-state index in [9.17, 15) is 0 Å². The molecule has 1 atom stereocenters. The first-order valence-electron chi connectivity index (χ1n) is 6.21. The van der Waals surface area contributed by atoms with E-state index < -0.39 is 0 Å². The van der Waals surface area contributed by atoms with Gasteiger partial charge in [0, 0.05) is 28.6 Å². The fraction of sp³-hybridized carbons (Fsp3) is 0.462. The predicted molar refractivity (Wildman–Crippen MR) is 83.1 cm³/mol. The smallest absolute Gasteiger partial charge is 0.0628 e. The highest BCUT2D eigenvalue weighted by molar-refractivity contribution is 9.10. The molecule has 0 aromatic carbocycles. The minimum atomic E-state index is 0.166. The van der Waals surface area contributed by atoms with Crippen LogP contribution < -0.4 is 11.3 Å². The highest BCUT2D eigenvalue weighted by Gasteiger charge is 2.16. The third-order valence-electron chi connectivity index (χ3n) is 3.56. The molecule has 19 heavy (non-hydrogen) atoms. The lowest BCUT2D eigenvalue weighted by Gasteiger charge is -2.15. The second kappa shape index (κ2) is 6.17. The molecule has 0 saturated heterocycles. The predicted octanol–water partition coefficient (Wildman–Crippen LogP) is 3.00. The molecule has 0 aliphatic rings. The van der Waals surface area contributed by atoms with E-state index in [1.165, 1.54) is 16.8 Å². The quantitative estimate of drug-likeness (QED) is 0.648. The van der Waals surface area contributed by atoms with Crippen molar-refractivity contribution >= 4 is 27.3 Å². The summed E-state index contributed by atoms with van der Waals surface area (Å²) in [5.41, 5.74) is 7.81. The average molecular weight is 343 g/mol. The van der Waals surface area contributed by atoms with Crippen molar-refractivity contribution < 1.29 is 0 Å². The topological polar surface area (TPSA) is 55.9 Å². The first-order valence-corrected chi connectivity index (χ1v) is 7.95. The number of hydrazine groups is 1. The second-order valence-corrected chi connectivity index (χ2v) is 6.30. The van der Waals surface area contributed by atoms with Gasteiger partial charge in [0.25, 0.3) is 0 Å². The Kier molecular flexibility index (Phi) is 4.78. The highest BCUT2D eigenvalue weighted by atomic mass is 79.9. The minimum Gasteiger partial charge on any atom is -0.272 e. The van der Waals surface area contributed by atoms with Gasteiger partial charge in [-0.1, -0.05) is 0 Å². The summed E-state index contributed by atoms with van der Waals surface area (Å²) < 4.78 is 3.07. The Balaban J connectivity index is 2.11. The Hall–Kier alpha value is -0.690. The first-order chi connectivity index (χ1) is 9.04. The van der Waals surface area contributed by atoms with Gasteiger partial charge in [-0.25, -0.2) is 0 Å². The van der Waals surface area contributed by atoms with E-state index in [0.29, 0.717) is 0 Å². The molecule has 2 aromatic heterocycles. The first kappa shape index (κ1) is 14.7. The molecule has 104 valence electrons. The van der Waals surface area contributed by atoms with Gasteiger partial charge in [-0.05, 0) is 59.1 Å². The lowest BCUT2D eigenvalue weighted by molar-refractivity contribution is 0.515. The number of thiophene rings is 1. The van der Waals surface area contributed by atoms with Gasteiger partial charge in [0.2, 0.25) is 0 Å². The van der Waals surface area contributed by atoms with Crippen LogP contribution in [0.5, 0.6) is 0 Å². The number of nitrogens with zero attached hydrogens (tertiary/aromatic N) is 2. The lowest BCUT2D eigenvalue weighted by Crippen LogP contribution is -2.28. The van der Waals surface area contributed by atoms with Crippen molar-refractivity contribution in [1.29, 1.82) is 0 Å². The zero-order chi connectivity index (χ0) is 14.0. The van der Waals surface area contributed by atoms with Crippen LogP contribution in [0.15, 0.2) is 15.2 Å². The van der Waals surface area contributed by atoms with Gasteiger partial charge in [-0.15, -0.1) is 0 Å². The normalized spacial score (nSPS) is 12.9. The number of hydrogen-bond acceptors (Lipinski definition) is 4. The molecule has 0 saturated carbocycles. The zero-order valence-electron chi connectivity index (χ0n) is 11.4. The number of rotatable bonds is 5. The van der Waals surface area contributed by atoms with E-state index in [4.69, 9.17) is 5.84 Å². The molecular formula is C13H19BrN4S. The number of halogens is 1. The van der Waals surface area contributed by atoms with Crippen LogP contribution in [0.2, 0.25) is 0 Å². The summed E-state index contributed by atoms with van der Waals surface area (Å²) in [5, 5.41) is 8.67. The van der Waals surface area contributed by atoms with E-state index >= 15 is 0 Å². The molecule has 0 radical (unpaired) electrons. The van der Waals surface area contributed by atoms with Crippen molar-refractivity contribution in [3.05, 3.63) is 37.7 Å². The standard InChI is InChI=1S/C13H19BrN4S/c1-8-10(9(2)18(3)17-8)4-5-13(16-15)11-6-19-7-12(11)14/h6-7,13,16H,4-5,15H2,1-3H3. The van der Waals surface area contributed by atoms with E-state index in [1.54, 1.807) is 11.3 Å². The number of aryl methyl sites for hydroxylation is 2. The van der Waals surface area contributed by atoms with E-state index in [1.807, 2.05) is 11.7 Å². The Bertz CT molecular complexity index is 561. The molecule has 0 amide bonds. The van der Waals surface area contributed by atoms with Crippen LogP contribution in [0.3, 0.4) is 0 Å². The second-order valence-electron chi connectivity index (χ2n) is 4.71. The third-order valence-corrected chi connectivity index (χ3v) is 5.31. The van der Waals surface area contributed by atoms with Crippen LogP contribution in [0.25, 0.3) is 0 Å². The Morgan fingerprint density at radius 1 is 1.47 bits per heavy atom. The molecule has 0 bridgehead atoms. The fourth-order valence-electron chi connectivity index (χ4n) is 2.34. The fourth-order valence-corrected chi connectivity index (χ4v) is 3.96. The van der Waals surface area contributed by atoms with Gasteiger partial charge in [0.05, 0.1) is 5.69 Å². The summed E-state index contributed by atoms with van der Waals surface area (Å²) in [6, 6.07) is 0.166. The Labute approximate surface area is 126 Å². The molecule has 0 aliphatic carbocycles. The molecular weight excluding hydrogens is 324 g/mol. The van der Waals surface area contributed by atoms with Crippen LogP contribution in [0, 0.1) is 13.8 Å². The van der Waals surface area contributed by atoms with Crippen LogP contribution in [0.1, 0.15) is 35.0 Å². The number of nitrogens with two attached hydrogens (primary N) is 1. The molecule has 3 N–H and O–H groups in total. The third kappa shape index (κ3) is 3.08. The molecule has 6 heteroatoms. The summed E-state index contributed by atoms with van der Waals surface area (Å²) in [6.45, 7) is 4.18. The minimum absolute atomic E-state index is 0.166. The zero-order valence-corrected chi connectivity index (χ0v) is 13.8. The molecule has 2 aromatic rings. The number of hydrogen-bond donors (Lipinski definition) is 2. The summed E-state index contributed by atoms with van der Waals surface area (Å²) in [4.78, 5) is 0. The van der Waals surface area contributed by atoms with Crippen LogP contribution >= 0.6 is 27.3 Å². The van der Waals surface area contributed by atoms with E-state index in [-0.39, 0.29) is 6.04 Å². The Morgan fingerprint density at radius 3 is 2.68 bits per heavy atom. The van der Waals surface area contributed by atoms with E-state index in [0.717, 1.165) is 23.0 Å². The van der Waals surface area contributed by atoms with Crippen LogP contribution in [0.4, 0.5) is 0 Å². The van der Waals surface area contributed by atoms with Crippen LogP contribution in [-0.4, -0.2) is 9.78 Å². The lowest BCUT2D eigenvalue weighted by atomic mass is 10.0. The maximum atomic E-state index is 5.69. The van der Waals surface area contributed by atoms with E-state index in [2.05, 4.69) is 51.1 Å². The van der Waals surface area contributed by atoms with Gasteiger partial charge in [0.1, 0.15) is 0 Å². The maximum absolute atomic E-state index is 5.69. The van der Waals surface area contributed by atoms with Crippen molar-refractivity contribution in [3.8, 4) is 0 Å². The SMILES string of the molecule is Cc1nn(C)c(C)c1CCC(NN)c1cscc1Br. The molecule has 2 heterocycles. The van der Waals surface area contributed by atoms with Crippen molar-refractivity contribution in [1.82, 2.24) is 15.2 Å². The molecule has 2 rings (SSSR count). The van der Waals surface area contributed by atoms with Crippen molar-refractivity contribution in [2.75, 3.05) is 0 Å². The van der Waals surface area contributed by atoms with Gasteiger partial charge < -0.3 is 0 Å². The van der Waals surface area contributed by atoms with Crippen molar-refractivity contribution in [2.45, 2.75) is 32.7 Å². The van der Waals surface area contributed by atoms with Gasteiger partial charge in [-0.3, -0.25) is 16.0 Å². The monoisotopic (exact) mass is 342 g/mol. The van der Waals surface area contributed by atoms with Gasteiger partial charge in [0.15, 0.2) is 0 Å². The molecule has 1 unspecified atom stereocenters. The molecule has 0 fully saturated rings. The largest absolute Gasteiger partial charge is 0.272 e.